The van der Waals surface area contributed by atoms with Crippen LogP contribution in [0.15, 0.2) is 24.3 Å². The van der Waals surface area contributed by atoms with E-state index < -0.39 is 12.0 Å². The van der Waals surface area contributed by atoms with Crippen molar-refractivity contribution in [3.8, 4) is 5.75 Å². The van der Waals surface area contributed by atoms with Crippen LogP contribution in [0.3, 0.4) is 0 Å². The first kappa shape index (κ1) is 16.1. The Bertz CT molecular complexity index is 458. The highest BCUT2D eigenvalue weighted by Crippen LogP contribution is 2.33. The highest BCUT2D eigenvalue weighted by atomic mass is 19.4. The zero-order valence-corrected chi connectivity index (χ0v) is 11.8. The topological polar surface area (TPSA) is 38.7 Å². The fourth-order valence-electron chi connectivity index (χ4n) is 2.84. The summed E-state index contributed by atoms with van der Waals surface area (Å²) in [5, 5.41) is 10.6. The molecule has 3 nitrogen and oxygen atoms in total. The number of ether oxygens (including phenoxy) is 2. The van der Waals surface area contributed by atoms with E-state index in [4.69, 9.17) is 4.74 Å². The number of benzene rings is 1. The number of methoxy groups -OCH3 is 1. The van der Waals surface area contributed by atoms with Crippen LogP contribution in [0.2, 0.25) is 0 Å². The fraction of sp³-hybridized carbons (Fsp3) is 0.600. The summed E-state index contributed by atoms with van der Waals surface area (Å²) in [5.41, 5.74) is -0.0746. The van der Waals surface area contributed by atoms with E-state index in [2.05, 4.69) is 4.74 Å². The fourth-order valence-corrected chi connectivity index (χ4v) is 2.84. The number of hydrogen-bond donors (Lipinski definition) is 1. The lowest BCUT2D eigenvalue weighted by molar-refractivity contribution is -0.274. The summed E-state index contributed by atoms with van der Waals surface area (Å²) in [6.07, 6.45) is -1.22. The largest absolute Gasteiger partial charge is 0.573 e. The van der Waals surface area contributed by atoms with Crippen molar-refractivity contribution in [2.24, 2.45) is 0 Å². The normalized spacial score (nSPS) is 26.6. The van der Waals surface area contributed by atoms with Gasteiger partial charge >= 0.3 is 6.36 Å². The number of halogens is 3. The molecule has 1 aliphatic rings. The molecule has 0 spiro atoms. The van der Waals surface area contributed by atoms with Gasteiger partial charge in [0, 0.05) is 20.0 Å². The predicted octanol–water partition coefficient (Wildman–Crippen LogP) is 3.45. The molecule has 0 amide bonds. The van der Waals surface area contributed by atoms with Crippen molar-refractivity contribution in [3.63, 3.8) is 0 Å². The van der Waals surface area contributed by atoms with Crippen LogP contribution in [0.5, 0.6) is 5.75 Å². The standard InChI is InChI=1S/C15H19F3O3/c1-20-13-3-2-8-14(19,10-13)9-11-4-6-12(7-5-11)21-15(16,17)18/h4-7,13,19H,2-3,8-10H2,1H3. The molecule has 0 bridgehead atoms. The van der Waals surface area contributed by atoms with Gasteiger partial charge < -0.3 is 14.6 Å². The van der Waals surface area contributed by atoms with Gasteiger partial charge in [0.2, 0.25) is 0 Å². The molecule has 0 aliphatic heterocycles. The van der Waals surface area contributed by atoms with E-state index in [-0.39, 0.29) is 11.9 Å². The second kappa shape index (κ2) is 6.23. The van der Waals surface area contributed by atoms with Crippen LogP contribution < -0.4 is 4.74 Å². The van der Waals surface area contributed by atoms with E-state index in [0.717, 1.165) is 18.4 Å². The van der Waals surface area contributed by atoms with Gasteiger partial charge in [-0.2, -0.15) is 0 Å². The Kier molecular flexibility index (Phi) is 4.78. The van der Waals surface area contributed by atoms with Gasteiger partial charge in [-0.15, -0.1) is 13.2 Å². The van der Waals surface area contributed by atoms with E-state index in [9.17, 15) is 18.3 Å². The average Bonchev–Trinajstić information content (AvgIpc) is 2.39. The van der Waals surface area contributed by atoms with Crippen molar-refractivity contribution >= 4 is 0 Å². The Morgan fingerprint density at radius 3 is 2.52 bits per heavy atom. The Hall–Kier alpha value is -1.27. The van der Waals surface area contributed by atoms with Crippen LogP contribution in [0.4, 0.5) is 13.2 Å². The van der Waals surface area contributed by atoms with Crippen molar-refractivity contribution in [2.75, 3.05) is 7.11 Å². The van der Waals surface area contributed by atoms with Crippen molar-refractivity contribution < 1.29 is 27.8 Å². The molecule has 0 saturated heterocycles. The number of aliphatic hydroxyl groups is 1. The second-order valence-electron chi connectivity index (χ2n) is 5.55. The van der Waals surface area contributed by atoms with Crippen LogP contribution in [0.25, 0.3) is 0 Å². The third kappa shape index (κ3) is 4.89. The minimum absolute atomic E-state index is 0.0385. The molecule has 1 aliphatic carbocycles. The summed E-state index contributed by atoms with van der Waals surface area (Å²) < 4.78 is 45.4. The second-order valence-corrected chi connectivity index (χ2v) is 5.55. The van der Waals surface area contributed by atoms with Crippen molar-refractivity contribution in [1.82, 2.24) is 0 Å². The first-order valence-electron chi connectivity index (χ1n) is 6.89. The maximum atomic E-state index is 12.1. The van der Waals surface area contributed by atoms with Crippen molar-refractivity contribution in [3.05, 3.63) is 29.8 Å². The lowest BCUT2D eigenvalue weighted by atomic mass is 9.79. The number of hydrogen-bond acceptors (Lipinski definition) is 3. The lowest BCUT2D eigenvalue weighted by Crippen LogP contribution is -2.40. The highest BCUT2D eigenvalue weighted by molar-refractivity contribution is 5.28. The summed E-state index contributed by atoms with van der Waals surface area (Å²) >= 11 is 0. The van der Waals surface area contributed by atoms with Gasteiger partial charge in [-0.3, -0.25) is 0 Å². The molecule has 2 rings (SSSR count). The van der Waals surface area contributed by atoms with Crippen LogP contribution in [-0.2, 0) is 11.2 Å². The molecule has 2 unspecified atom stereocenters. The maximum Gasteiger partial charge on any atom is 0.573 e. The summed E-state index contributed by atoms with van der Waals surface area (Å²) in [7, 11) is 1.62. The van der Waals surface area contributed by atoms with E-state index in [1.54, 1.807) is 19.2 Å². The molecular formula is C15H19F3O3. The summed E-state index contributed by atoms with van der Waals surface area (Å²) in [6, 6.07) is 5.64. The summed E-state index contributed by atoms with van der Waals surface area (Å²) in [4.78, 5) is 0. The molecule has 2 atom stereocenters. The molecule has 1 aromatic carbocycles. The molecule has 1 N–H and O–H groups in total. The van der Waals surface area contributed by atoms with Gasteiger partial charge in [0.15, 0.2) is 0 Å². The van der Waals surface area contributed by atoms with Crippen LogP contribution in [0.1, 0.15) is 31.2 Å². The SMILES string of the molecule is COC1CCCC(O)(Cc2ccc(OC(F)(F)F)cc2)C1. The summed E-state index contributed by atoms with van der Waals surface area (Å²) in [5.74, 6) is -0.253. The predicted molar refractivity (Wildman–Crippen MR) is 71.0 cm³/mol. The molecule has 0 radical (unpaired) electrons. The molecule has 0 heterocycles. The van der Waals surface area contributed by atoms with Gasteiger partial charge in [0.25, 0.3) is 0 Å². The quantitative estimate of drug-likeness (QED) is 0.926. The Morgan fingerprint density at radius 1 is 1.29 bits per heavy atom. The van der Waals surface area contributed by atoms with Gasteiger partial charge in [-0.25, -0.2) is 0 Å². The Balaban J connectivity index is 1.99. The van der Waals surface area contributed by atoms with Gasteiger partial charge in [0.1, 0.15) is 5.75 Å². The maximum absolute atomic E-state index is 12.1. The van der Waals surface area contributed by atoms with E-state index >= 15 is 0 Å². The molecule has 1 saturated carbocycles. The summed E-state index contributed by atoms with van der Waals surface area (Å²) in [6.45, 7) is 0. The first-order chi connectivity index (χ1) is 9.80. The highest BCUT2D eigenvalue weighted by Gasteiger charge is 2.35. The third-order valence-electron chi connectivity index (χ3n) is 3.80. The van der Waals surface area contributed by atoms with Crippen LogP contribution in [0, 0.1) is 0 Å². The number of rotatable bonds is 4. The molecular weight excluding hydrogens is 285 g/mol. The molecule has 1 aromatic rings. The minimum Gasteiger partial charge on any atom is -0.406 e. The zero-order chi connectivity index (χ0) is 15.5. The van der Waals surface area contributed by atoms with E-state index in [0.29, 0.717) is 19.3 Å². The van der Waals surface area contributed by atoms with Crippen molar-refractivity contribution in [1.29, 1.82) is 0 Å². The van der Waals surface area contributed by atoms with E-state index in [1.165, 1.54) is 12.1 Å². The monoisotopic (exact) mass is 304 g/mol. The lowest BCUT2D eigenvalue weighted by Gasteiger charge is -2.36. The third-order valence-corrected chi connectivity index (χ3v) is 3.80. The molecule has 1 fully saturated rings. The average molecular weight is 304 g/mol. The minimum atomic E-state index is -4.69. The van der Waals surface area contributed by atoms with E-state index in [1.807, 2.05) is 0 Å². The molecule has 21 heavy (non-hydrogen) atoms. The van der Waals surface area contributed by atoms with Gasteiger partial charge in [0.05, 0.1) is 11.7 Å². The van der Waals surface area contributed by atoms with Crippen molar-refractivity contribution in [2.45, 2.75) is 50.2 Å². The van der Waals surface area contributed by atoms with Crippen LogP contribution >= 0.6 is 0 Å². The van der Waals surface area contributed by atoms with Crippen LogP contribution in [-0.4, -0.2) is 30.3 Å². The molecule has 6 heteroatoms. The Labute approximate surface area is 121 Å². The molecule has 0 aromatic heterocycles. The zero-order valence-electron chi connectivity index (χ0n) is 11.8. The Morgan fingerprint density at radius 2 is 1.95 bits per heavy atom. The first-order valence-corrected chi connectivity index (χ1v) is 6.89. The smallest absolute Gasteiger partial charge is 0.406 e. The number of alkyl halides is 3. The molecule has 118 valence electrons. The van der Waals surface area contributed by atoms with Gasteiger partial charge in [-0.05, 0) is 37.0 Å². The van der Waals surface area contributed by atoms with Gasteiger partial charge in [-0.1, -0.05) is 12.1 Å².